The lowest BCUT2D eigenvalue weighted by Gasteiger charge is -2.10. The number of amides is 1. The van der Waals surface area contributed by atoms with E-state index in [4.69, 9.17) is 5.73 Å². The highest BCUT2D eigenvalue weighted by Crippen LogP contribution is 2.01. The molecule has 6 nitrogen and oxygen atoms in total. The van der Waals surface area contributed by atoms with Crippen molar-refractivity contribution >= 4 is 17.7 Å². The molecule has 14 heavy (non-hydrogen) atoms. The first kappa shape index (κ1) is 10.2. The van der Waals surface area contributed by atoms with Gasteiger partial charge in [-0.05, 0) is 6.07 Å². The van der Waals surface area contributed by atoms with Crippen LogP contribution in [0.1, 0.15) is 0 Å². The van der Waals surface area contributed by atoms with Gasteiger partial charge in [-0.25, -0.2) is 4.98 Å². The number of anilines is 2. The van der Waals surface area contributed by atoms with Crippen molar-refractivity contribution in [2.45, 2.75) is 0 Å². The third kappa shape index (κ3) is 2.89. The fourth-order valence-corrected chi connectivity index (χ4v) is 0.797. The van der Waals surface area contributed by atoms with Gasteiger partial charge in [0.15, 0.2) is 0 Å². The molecule has 0 atom stereocenters. The molecule has 0 radical (unpaired) electrons. The lowest BCUT2D eigenvalue weighted by atomic mass is 10.5. The second-order valence-corrected chi connectivity index (χ2v) is 2.94. The van der Waals surface area contributed by atoms with Crippen molar-refractivity contribution in [1.29, 1.82) is 0 Å². The van der Waals surface area contributed by atoms with E-state index in [1.54, 1.807) is 20.2 Å². The number of hydrogen-bond donors (Lipinski definition) is 2. The molecule has 0 unspecified atom stereocenters. The van der Waals surface area contributed by atoms with E-state index in [9.17, 15) is 4.79 Å². The summed E-state index contributed by atoms with van der Waals surface area (Å²) in [4.78, 5) is 20.3. The average Bonchev–Trinajstić information content (AvgIpc) is 2.14. The number of carbonyl (C=O) groups excluding carboxylic acids is 1. The van der Waals surface area contributed by atoms with Crippen LogP contribution in [0.4, 0.5) is 11.8 Å². The molecule has 76 valence electrons. The summed E-state index contributed by atoms with van der Waals surface area (Å²) in [7, 11) is 3.39. The maximum absolute atomic E-state index is 11.2. The predicted molar refractivity (Wildman–Crippen MR) is 53.6 cm³/mol. The number of nitrogens with zero attached hydrogens (tertiary/aromatic N) is 3. The van der Waals surface area contributed by atoms with Crippen LogP contribution in [-0.2, 0) is 4.79 Å². The van der Waals surface area contributed by atoms with Crippen LogP contribution < -0.4 is 11.1 Å². The third-order valence-corrected chi connectivity index (χ3v) is 1.59. The normalized spacial score (nSPS) is 9.57. The van der Waals surface area contributed by atoms with Crippen LogP contribution >= 0.6 is 0 Å². The van der Waals surface area contributed by atoms with Gasteiger partial charge in [-0.2, -0.15) is 4.98 Å². The molecule has 0 bridgehead atoms. The Balaban J connectivity index is 2.50. The first-order valence-corrected chi connectivity index (χ1v) is 4.12. The summed E-state index contributed by atoms with van der Waals surface area (Å²) in [5.41, 5.74) is 5.37. The van der Waals surface area contributed by atoms with E-state index in [1.165, 1.54) is 11.1 Å². The van der Waals surface area contributed by atoms with Gasteiger partial charge in [0, 0.05) is 20.3 Å². The quantitative estimate of drug-likeness (QED) is 0.683. The zero-order valence-corrected chi connectivity index (χ0v) is 8.19. The van der Waals surface area contributed by atoms with E-state index in [2.05, 4.69) is 15.3 Å². The average molecular weight is 195 g/mol. The molecule has 0 fully saturated rings. The Morgan fingerprint density at radius 1 is 1.64 bits per heavy atom. The Kier molecular flexibility index (Phi) is 3.22. The molecule has 0 aliphatic rings. The van der Waals surface area contributed by atoms with Gasteiger partial charge < -0.3 is 16.0 Å². The number of nitrogen functional groups attached to an aromatic ring is 1. The van der Waals surface area contributed by atoms with Gasteiger partial charge in [0.05, 0.1) is 6.54 Å². The molecule has 0 aromatic carbocycles. The van der Waals surface area contributed by atoms with Crippen molar-refractivity contribution in [3.8, 4) is 0 Å². The van der Waals surface area contributed by atoms with Crippen molar-refractivity contribution in [1.82, 2.24) is 14.9 Å². The molecule has 6 heteroatoms. The lowest BCUT2D eigenvalue weighted by Crippen LogP contribution is -2.28. The van der Waals surface area contributed by atoms with E-state index in [1.807, 2.05) is 0 Å². The van der Waals surface area contributed by atoms with Crippen LogP contribution in [0.2, 0.25) is 0 Å². The highest BCUT2D eigenvalue weighted by Gasteiger charge is 2.03. The largest absolute Gasteiger partial charge is 0.368 e. The molecule has 0 spiro atoms. The van der Waals surface area contributed by atoms with Crippen molar-refractivity contribution in [3.63, 3.8) is 0 Å². The molecule has 0 aliphatic carbocycles. The van der Waals surface area contributed by atoms with Gasteiger partial charge in [-0.1, -0.05) is 0 Å². The second-order valence-electron chi connectivity index (χ2n) is 2.94. The minimum Gasteiger partial charge on any atom is -0.368 e. The first-order chi connectivity index (χ1) is 6.59. The van der Waals surface area contributed by atoms with Crippen molar-refractivity contribution in [3.05, 3.63) is 12.3 Å². The van der Waals surface area contributed by atoms with Crippen LogP contribution in [0.5, 0.6) is 0 Å². The molecule has 1 heterocycles. The minimum absolute atomic E-state index is 0.0258. The number of rotatable bonds is 3. The maximum atomic E-state index is 11.2. The summed E-state index contributed by atoms with van der Waals surface area (Å²) < 4.78 is 0. The SMILES string of the molecule is CN(C)C(=O)CNc1ccnc(N)n1. The summed E-state index contributed by atoms with van der Waals surface area (Å²) in [5, 5.41) is 2.84. The molecule has 1 aromatic heterocycles. The summed E-state index contributed by atoms with van der Waals surface area (Å²) in [6.07, 6.45) is 1.53. The van der Waals surface area contributed by atoms with Crippen molar-refractivity contribution < 1.29 is 4.79 Å². The van der Waals surface area contributed by atoms with Gasteiger partial charge in [0.25, 0.3) is 0 Å². The van der Waals surface area contributed by atoms with Crippen LogP contribution in [0.15, 0.2) is 12.3 Å². The highest BCUT2D eigenvalue weighted by atomic mass is 16.2. The maximum Gasteiger partial charge on any atom is 0.241 e. The van der Waals surface area contributed by atoms with E-state index >= 15 is 0 Å². The smallest absolute Gasteiger partial charge is 0.241 e. The predicted octanol–water partition coefficient (Wildman–Crippen LogP) is -0.441. The standard InChI is InChI=1S/C8H13N5O/c1-13(2)7(14)5-11-6-3-4-10-8(9)12-6/h3-4H,5H2,1-2H3,(H3,9,10,11,12). The molecule has 0 aliphatic heterocycles. The monoisotopic (exact) mass is 195 g/mol. The van der Waals surface area contributed by atoms with E-state index in [0.717, 1.165) is 0 Å². The minimum atomic E-state index is -0.0258. The summed E-state index contributed by atoms with van der Waals surface area (Å²) >= 11 is 0. The molecule has 1 rings (SSSR count). The van der Waals surface area contributed by atoms with Crippen molar-refractivity contribution in [2.75, 3.05) is 31.7 Å². The Morgan fingerprint density at radius 3 is 2.93 bits per heavy atom. The Labute approximate surface area is 82.1 Å². The van der Waals surface area contributed by atoms with Gasteiger partial charge >= 0.3 is 0 Å². The third-order valence-electron chi connectivity index (χ3n) is 1.59. The molecule has 1 amide bonds. The van der Waals surface area contributed by atoms with Crippen LogP contribution in [0.3, 0.4) is 0 Å². The van der Waals surface area contributed by atoms with Gasteiger partial charge in [-0.15, -0.1) is 0 Å². The zero-order valence-electron chi connectivity index (χ0n) is 8.19. The number of carbonyl (C=O) groups is 1. The van der Waals surface area contributed by atoms with E-state index < -0.39 is 0 Å². The second kappa shape index (κ2) is 4.40. The first-order valence-electron chi connectivity index (χ1n) is 4.12. The summed E-state index contributed by atoms with van der Waals surface area (Å²) in [5.74, 6) is 0.710. The zero-order chi connectivity index (χ0) is 10.6. The number of nitrogens with one attached hydrogen (secondary N) is 1. The molecule has 1 aromatic rings. The van der Waals surface area contributed by atoms with Crippen LogP contribution in [-0.4, -0.2) is 41.4 Å². The molecule has 3 N–H and O–H groups in total. The highest BCUT2D eigenvalue weighted by molar-refractivity contribution is 5.80. The number of aromatic nitrogens is 2. The lowest BCUT2D eigenvalue weighted by molar-refractivity contribution is -0.126. The topological polar surface area (TPSA) is 84.1 Å². The van der Waals surface area contributed by atoms with Gasteiger partial charge in [0.2, 0.25) is 11.9 Å². The molecule has 0 saturated carbocycles. The fraction of sp³-hybridized carbons (Fsp3) is 0.375. The van der Waals surface area contributed by atoms with E-state index in [0.29, 0.717) is 5.82 Å². The molecular formula is C8H13N5O. The van der Waals surface area contributed by atoms with Gasteiger partial charge in [0.1, 0.15) is 5.82 Å². The summed E-state index contributed by atoms with van der Waals surface area (Å²) in [6.45, 7) is 0.198. The Hall–Kier alpha value is -1.85. The number of hydrogen-bond acceptors (Lipinski definition) is 5. The molecular weight excluding hydrogens is 182 g/mol. The Morgan fingerprint density at radius 2 is 2.36 bits per heavy atom. The van der Waals surface area contributed by atoms with Crippen LogP contribution in [0, 0.1) is 0 Å². The van der Waals surface area contributed by atoms with Crippen molar-refractivity contribution in [2.24, 2.45) is 0 Å². The summed E-state index contributed by atoms with van der Waals surface area (Å²) in [6, 6.07) is 1.65. The van der Waals surface area contributed by atoms with Gasteiger partial charge in [-0.3, -0.25) is 4.79 Å². The van der Waals surface area contributed by atoms with Crippen LogP contribution in [0.25, 0.3) is 0 Å². The number of likely N-dealkylation sites (N-methyl/N-ethyl adjacent to an activating group) is 1. The fourth-order valence-electron chi connectivity index (χ4n) is 0.797. The number of nitrogens with two attached hydrogens (primary N) is 1. The Bertz CT molecular complexity index is 325. The van der Waals surface area contributed by atoms with E-state index in [-0.39, 0.29) is 18.4 Å². The molecule has 0 saturated heterocycles.